The molecule has 1 aromatic heterocycles. The predicted octanol–water partition coefficient (Wildman–Crippen LogP) is 5.19. The van der Waals surface area contributed by atoms with Crippen LogP contribution in [0.1, 0.15) is 37.1 Å². The fourth-order valence-corrected chi connectivity index (χ4v) is 2.79. The van der Waals surface area contributed by atoms with Crippen LogP contribution in [0.2, 0.25) is 0 Å². The van der Waals surface area contributed by atoms with Crippen LogP contribution in [-0.2, 0) is 4.79 Å². The monoisotopic (exact) mass is 396 g/mol. The zero-order valence-corrected chi connectivity index (χ0v) is 15.6. The number of benzene rings is 1. The minimum atomic E-state index is -0.151. The standard InChI is InChI=1S/C24H16N2O3.8H2/c1-2-3-4-5-6-9-16-28-22-17-25-23(26-18-22)19-12-14-21(15-13-19)29-24(27)20-10-7-8-11-20;;;;;;;;/h1,12-15,17-18,20H,7-8,10-11H2;8*1H. The van der Waals surface area contributed by atoms with Crippen molar-refractivity contribution in [2.24, 2.45) is 5.92 Å². The summed E-state index contributed by atoms with van der Waals surface area (Å²) in [6.45, 7) is 0. The average Bonchev–Trinajstić information content (AvgIpc) is 3.29. The smallest absolute Gasteiger partial charge is 0.314 e. The summed E-state index contributed by atoms with van der Waals surface area (Å²) in [6, 6.07) is 7.09. The summed E-state index contributed by atoms with van der Waals surface area (Å²) in [7, 11) is 0. The summed E-state index contributed by atoms with van der Waals surface area (Å²) in [5.74, 6) is 15.7. The third-order valence-corrected chi connectivity index (χ3v) is 4.19. The molecule has 156 valence electrons. The summed E-state index contributed by atoms with van der Waals surface area (Å²) < 4.78 is 10.6. The van der Waals surface area contributed by atoms with Gasteiger partial charge in [0, 0.05) is 34.7 Å². The second-order valence-electron chi connectivity index (χ2n) is 6.14. The third-order valence-electron chi connectivity index (χ3n) is 4.19. The first-order valence-electron chi connectivity index (χ1n) is 9.03. The van der Waals surface area contributed by atoms with Crippen LogP contribution in [0.3, 0.4) is 0 Å². The van der Waals surface area contributed by atoms with Gasteiger partial charge >= 0.3 is 5.97 Å². The summed E-state index contributed by atoms with van der Waals surface area (Å²) in [6.07, 6.45) is 14.4. The van der Waals surface area contributed by atoms with Crippen molar-refractivity contribution in [2.45, 2.75) is 25.7 Å². The van der Waals surface area contributed by atoms with E-state index in [0.717, 1.165) is 31.2 Å². The van der Waals surface area contributed by atoms with E-state index in [4.69, 9.17) is 15.9 Å². The molecule has 0 saturated heterocycles. The minimum Gasteiger partial charge on any atom is -0.426 e. The Kier molecular flexibility index (Phi) is 6.90. The van der Waals surface area contributed by atoms with E-state index >= 15 is 0 Å². The number of hydrogen-bond donors (Lipinski definition) is 0. The molecule has 1 fully saturated rings. The van der Waals surface area contributed by atoms with E-state index in [2.05, 4.69) is 51.6 Å². The van der Waals surface area contributed by atoms with Crippen LogP contribution in [0.25, 0.3) is 11.4 Å². The lowest BCUT2D eigenvalue weighted by molar-refractivity contribution is -0.138. The zero-order chi connectivity index (χ0) is 20.3. The number of esters is 1. The van der Waals surface area contributed by atoms with E-state index in [9.17, 15) is 4.79 Å². The predicted molar refractivity (Wildman–Crippen MR) is 125 cm³/mol. The summed E-state index contributed by atoms with van der Waals surface area (Å²) in [5, 5.41) is 0. The molecule has 0 aliphatic heterocycles. The summed E-state index contributed by atoms with van der Waals surface area (Å²) in [4.78, 5) is 20.6. The highest BCUT2D eigenvalue weighted by atomic mass is 16.5. The van der Waals surface area contributed by atoms with Gasteiger partial charge < -0.3 is 9.47 Å². The van der Waals surface area contributed by atoms with Gasteiger partial charge in [-0.05, 0) is 54.9 Å². The summed E-state index contributed by atoms with van der Waals surface area (Å²) >= 11 is 0. The number of carbonyl (C=O) groups excluding carboxylic acids is 1. The Morgan fingerprint density at radius 1 is 0.966 bits per heavy atom. The fraction of sp³-hybridized carbons (Fsp3) is 0.208. The molecule has 0 N–H and O–H groups in total. The van der Waals surface area contributed by atoms with Crippen molar-refractivity contribution >= 4 is 5.97 Å². The maximum absolute atomic E-state index is 12.1. The van der Waals surface area contributed by atoms with Gasteiger partial charge in [-0.25, -0.2) is 9.97 Å². The first kappa shape index (κ1) is 19.6. The van der Waals surface area contributed by atoms with Crippen LogP contribution in [0.4, 0.5) is 0 Å². The van der Waals surface area contributed by atoms with Crippen molar-refractivity contribution in [1.29, 1.82) is 0 Å². The van der Waals surface area contributed by atoms with Gasteiger partial charge in [-0.15, -0.1) is 6.42 Å². The normalized spacial score (nSPS) is 12.1. The summed E-state index contributed by atoms with van der Waals surface area (Å²) in [5.41, 5.74) is 0.793. The van der Waals surface area contributed by atoms with E-state index < -0.39 is 0 Å². The van der Waals surface area contributed by atoms with Crippen LogP contribution < -0.4 is 9.47 Å². The third kappa shape index (κ3) is 5.90. The highest BCUT2D eigenvalue weighted by Gasteiger charge is 2.24. The van der Waals surface area contributed by atoms with E-state index in [1.54, 1.807) is 24.3 Å². The minimum absolute atomic E-state index is 0. The molecule has 2 aromatic rings. The molecule has 1 heterocycles. The van der Waals surface area contributed by atoms with Crippen LogP contribution in [-0.4, -0.2) is 15.9 Å². The van der Waals surface area contributed by atoms with Gasteiger partial charge in [0.2, 0.25) is 0 Å². The SMILES string of the molecule is C#CC#CC#CC#COc1cnc(-c2ccc(OC(=O)C3CCCC3)cc2)nc1.[HH].[HH].[HH].[HH].[HH].[HH].[HH].[HH]. The lowest BCUT2D eigenvalue weighted by atomic mass is 10.1. The van der Waals surface area contributed by atoms with Crippen LogP contribution in [0, 0.1) is 54.0 Å². The van der Waals surface area contributed by atoms with E-state index in [-0.39, 0.29) is 23.3 Å². The second-order valence-corrected chi connectivity index (χ2v) is 6.14. The molecule has 29 heavy (non-hydrogen) atoms. The highest BCUT2D eigenvalue weighted by Crippen LogP contribution is 2.27. The second kappa shape index (κ2) is 10.2. The van der Waals surface area contributed by atoms with Crippen molar-refractivity contribution in [1.82, 2.24) is 9.97 Å². The molecule has 0 radical (unpaired) electrons. The number of terminal acetylenes is 1. The molecule has 1 saturated carbocycles. The maximum Gasteiger partial charge on any atom is 0.314 e. The van der Waals surface area contributed by atoms with E-state index in [1.807, 2.05) is 0 Å². The number of hydrogen-bond acceptors (Lipinski definition) is 5. The van der Waals surface area contributed by atoms with Gasteiger partial charge in [-0.1, -0.05) is 12.8 Å². The van der Waals surface area contributed by atoms with Crippen LogP contribution >= 0.6 is 0 Å². The first-order valence-corrected chi connectivity index (χ1v) is 9.03. The molecule has 0 bridgehead atoms. The Balaban J connectivity index is -0.000000300. The number of rotatable bonds is 4. The Hall–Kier alpha value is -4.19. The average molecular weight is 397 g/mol. The van der Waals surface area contributed by atoms with Crippen molar-refractivity contribution < 1.29 is 25.7 Å². The largest absolute Gasteiger partial charge is 0.426 e. The van der Waals surface area contributed by atoms with Gasteiger partial charge in [-0.3, -0.25) is 4.79 Å². The van der Waals surface area contributed by atoms with Gasteiger partial charge in [0.15, 0.2) is 11.6 Å². The van der Waals surface area contributed by atoms with E-state index in [0.29, 0.717) is 17.3 Å². The van der Waals surface area contributed by atoms with Crippen molar-refractivity contribution in [3.05, 3.63) is 36.7 Å². The molecular formula is C24H32N2O3. The van der Waals surface area contributed by atoms with Crippen molar-refractivity contribution in [3.63, 3.8) is 0 Å². The number of ether oxygens (including phenoxy) is 2. The molecule has 0 amide bonds. The molecule has 1 aliphatic carbocycles. The van der Waals surface area contributed by atoms with Crippen molar-refractivity contribution in [2.75, 3.05) is 0 Å². The number of nitrogens with zero attached hydrogens (tertiary/aromatic N) is 2. The van der Waals surface area contributed by atoms with Gasteiger partial charge in [0.05, 0.1) is 18.3 Å². The maximum atomic E-state index is 12.1. The van der Waals surface area contributed by atoms with Crippen LogP contribution in [0.5, 0.6) is 11.5 Å². The molecule has 5 nitrogen and oxygen atoms in total. The molecule has 1 aromatic carbocycles. The Labute approximate surface area is 181 Å². The zero-order valence-electron chi connectivity index (χ0n) is 15.6. The highest BCUT2D eigenvalue weighted by molar-refractivity contribution is 5.75. The molecule has 1 aliphatic rings. The fourth-order valence-electron chi connectivity index (χ4n) is 2.79. The molecule has 3 rings (SSSR count). The Morgan fingerprint density at radius 2 is 1.62 bits per heavy atom. The van der Waals surface area contributed by atoms with Gasteiger partial charge in [-0.2, -0.15) is 0 Å². The Bertz CT molecular complexity index is 1120. The van der Waals surface area contributed by atoms with Gasteiger partial charge in [0.1, 0.15) is 11.9 Å². The lowest BCUT2D eigenvalue weighted by Crippen LogP contribution is -2.17. The molecule has 0 atom stereocenters. The topological polar surface area (TPSA) is 61.3 Å². The van der Waals surface area contributed by atoms with Crippen molar-refractivity contribution in [3.8, 4) is 70.9 Å². The van der Waals surface area contributed by atoms with E-state index in [1.165, 1.54) is 12.4 Å². The Morgan fingerprint density at radius 3 is 2.31 bits per heavy atom. The quantitative estimate of drug-likeness (QED) is 0.404. The molecule has 5 heteroatoms. The van der Waals surface area contributed by atoms with Gasteiger partial charge in [0.25, 0.3) is 0 Å². The molecule has 0 spiro atoms. The molecule has 0 unspecified atom stereocenters. The van der Waals surface area contributed by atoms with Crippen LogP contribution in [0.15, 0.2) is 36.7 Å². The molecular weight excluding hydrogens is 364 g/mol. The first-order chi connectivity index (χ1) is 14.3. The lowest BCUT2D eigenvalue weighted by Gasteiger charge is -2.09. The number of carbonyl (C=O) groups is 1. The number of aromatic nitrogens is 2.